The molecule has 0 bridgehead atoms. The van der Waals surface area contributed by atoms with Crippen molar-refractivity contribution in [3.05, 3.63) is 41.7 Å². The van der Waals surface area contributed by atoms with Crippen LogP contribution in [0, 0.1) is 0 Å². The highest BCUT2D eigenvalue weighted by Crippen LogP contribution is 2.30. The van der Waals surface area contributed by atoms with Gasteiger partial charge in [0.25, 0.3) is 0 Å². The van der Waals surface area contributed by atoms with Crippen molar-refractivity contribution in [2.75, 3.05) is 21.3 Å². The maximum atomic E-state index is 12.4. The number of rotatable bonds is 7. The van der Waals surface area contributed by atoms with Gasteiger partial charge in [-0.3, -0.25) is 9.48 Å². The van der Waals surface area contributed by atoms with Crippen LogP contribution in [0.5, 0.6) is 11.5 Å². The summed E-state index contributed by atoms with van der Waals surface area (Å²) in [6.07, 6.45) is 3.49. The SMILES string of the molecule is CNC(C(=O)NCc1cccc(OC)c1OC)c1cnn(C)c1.Cl. The predicted octanol–water partition coefficient (Wildman–Crippen LogP) is 1.44. The van der Waals surface area contributed by atoms with Crippen LogP contribution in [-0.2, 0) is 18.4 Å². The highest BCUT2D eigenvalue weighted by atomic mass is 35.5. The fourth-order valence-electron chi connectivity index (χ4n) is 2.42. The summed E-state index contributed by atoms with van der Waals surface area (Å²) in [6.45, 7) is 0.345. The van der Waals surface area contributed by atoms with Gasteiger partial charge in [0.2, 0.25) is 5.91 Å². The van der Waals surface area contributed by atoms with Crippen molar-refractivity contribution in [3.8, 4) is 11.5 Å². The van der Waals surface area contributed by atoms with Crippen LogP contribution >= 0.6 is 12.4 Å². The number of nitrogens with zero attached hydrogens (tertiary/aromatic N) is 2. The van der Waals surface area contributed by atoms with Crippen molar-refractivity contribution in [2.45, 2.75) is 12.6 Å². The number of likely N-dealkylation sites (N-methyl/N-ethyl adjacent to an activating group) is 1. The molecule has 0 aliphatic heterocycles. The number of hydrogen-bond acceptors (Lipinski definition) is 5. The van der Waals surface area contributed by atoms with Gasteiger partial charge in [-0.25, -0.2) is 0 Å². The smallest absolute Gasteiger partial charge is 0.242 e. The largest absolute Gasteiger partial charge is 0.493 e. The van der Waals surface area contributed by atoms with E-state index in [1.807, 2.05) is 31.4 Å². The number of aryl methyl sites for hydroxylation is 1. The van der Waals surface area contributed by atoms with E-state index >= 15 is 0 Å². The van der Waals surface area contributed by atoms with Crippen LogP contribution in [0.15, 0.2) is 30.6 Å². The van der Waals surface area contributed by atoms with E-state index in [1.165, 1.54) is 0 Å². The quantitative estimate of drug-likeness (QED) is 0.786. The van der Waals surface area contributed by atoms with Gasteiger partial charge in [-0.2, -0.15) is 5.10 Å². The van der Waals surface area contributed by atoms with E-state index in [1.54, 1.807) is 32.1 Å². The molecule has 0 spiro atoms. The van der Waals surface area contributed by atoms with Gasteiger partial charge in [0, 0.05) is 30.9 Å². The van der Waals surface area contributed by atoms with E-state index in [4.69, 9.17) is 9.47 Å². The molecule has 8 heteroatoms. The third kappa shape index (κ3) is 4.39. The molecule has 0 aliphatic carbocycles. The molecule has 1 aromatic carbocycles. The Morgan fingerprint density at radius 3 is 2.62 bits per heavy atom. The normalized spacial score (nSPS) is 11.3. The first-order chi connectivity index (χ1) is 11.1. The number of amides is 1. The van der Waals surface area contributed by atoms with Crippen LogP contribution < -0.4 is 20.1 Å². The Morgan fingerprint density at radius 2 is 2.08 bits per heavy atom. The number of hydrogen-bond donors (Lipinski definition) is 2. The lowest BCUT2D eigenvalue weighted by Crippen LogP contribution is -2.35. The van der Waals surface area contributed by atoms with E-state index < -0.39 is 6.04 Å². The fraction of sp³-hybridized carbons (Fsp3) is 0.375. The number of carbonyl (C=O) groups excluding carboxylic acids is 1. The van der Waals surface area contributed by atoms with Crippen LogP contribution in [0.3, 0.4) is 0 Å². The third-order valence-corrected chi connectivity index (χ3v) is 3.55. The number of benzene rings is 1. The summed E-state index contributed by atoms with van der Waals surface area (Å²) in [5.41, 5.74) is 1.66. The van der Waals surface area contributed by atoms with Gasteiger partial charge in [-0.05, 0) is 13.1 Å². The first-order valence-electron chi connectivity index (χ1n) is 7.24. The molecule has 2 N–H and O–H groups in total. The van der Waals surface area contributed by atoms with Gasteiger partial charge >= 0.3 is 0 Å². The Labute approximate surface area is 147 Å². The van der Waals surface area contributed by atoms with E-state index in [9.17, 15) is 4.79 Å². The number of nitrogens with one attached hydrogen (secondary N) is 2. The maximum absolute atomic E-state index is 12.4. The van der Waals surface area contributed by atoms with Gasteiger partial charge < -0.3 is 20.1 Å². The summed E-state index contributed by atoms with van der Waals surface area (Å²) >= 11 is 0. The highest BCUT2D eigenvalue weighted by Gasteiger charge is 2.20. The molecule has 0 saturated heterocycles. The topological polar surface area (TPSA) is 77.4 Å². The van der Waals surface area contributed by atoms with Crippen LogP contribution in [0.25, 0.3) is 0 Å². The van der Waals surface area contributed by atoms with Crippen molar-refractivity contribution in [2.24, 2.45) is 7.05 Å². The van der Waals surface area contributed by atoms with Crippen molar-refractivity contribution in [1.29, 1.82) is 0 Å². The number of halogens is 1. The number of methoxy groups -OCH3 is 2. The molecule has 0 radical (unpaired) electrons. The Balaban J connectivity index is 0.00000288. The predicted molar refractivity (Wildman–Crippen MR) is 93.6 cm³/mol. The summed E-state index contributed by atoms with van der Waals surface area (Å²) in [6, 6.07) is 5.11. The highest BCUT2D eigenvalue weighted by molar-refractivity contribution is 5.85. The van der Waals surface area contributed by atoms with Gasteiger partial charge in [-0.1, -0.05) is 12.1 Å². The molecule has 0 aliphatic rings. The second-order valence-corrected chi connectivity index (χ2v) is 5.04. The number of aromatic nitrogens is 2. The minimum atomic E-state index is -0.458. The zero-order valence-electron chi connectivity index (χ0n) is 14.2. The number of para-hydroxylation sites is 1. The molecule has 2 rings (SSSR count). The number of carbonyl (C=O) groups is 1. The summed E-state index contributed by atoms with van der Waals surface area (Å²) in [5, 5.41) is 10.0. The van der Waals surface area contributed by atoms with E-state index in [-0.39, 0.29) is 18.3 Å². The average Bonchev–Trinajstić information content (AvgIpc) is 2.99. The molecule has 0 fully saturated rings. The van der Waals surface area contributed by atoms with Gasteiger partial charge in [0.15, 0.2) is 11.5 Å². The summed E-state index contributed by atoms with van der Waals surface area (Å²) < 4.78 is 12.3. The molecule has 1 aromatic heterocycles. The molecule has 1 atom stereocenters. The third-order valence-electron chi connectivity index (χ3n) is 3.55. The second kappa shape index (κ2) is 9.14. The van der Waals surface area contributed by atoms with Crippen LogP contribution in [-0.4, -0.2) is 37.0 Å². The van der Waals surface area contributed by atoms with Crippen molar-refractivity contribution in [1.82, 2.24) is 20.4 Å². The van der Waals surface area contributed by atoms with Crippen LogP contribution in [0.1, 0.15) is 17.2 Å². The van der Waals surface area contributed by atoms with Crippen molar-refractivity contribution < 1.29 is 14.3 Å². The Bertz CT molecular complexity index is 675. The molecule has 132 valence electrons. The van der Waals surface area contributed by atoms with Crippen LogP contribution in [0.2, 0.25) is 0 Å². The second-order valence-electron chi connectivity index (χ2n) is 5.04. The first-order valence-corrected chi connectivity index (χ1v) is 7.24. The van der Waals surface area contributed by atoms with E-state index in [2.05, 4.69) is 15.7 Å². The molecular formula is C16H23ClN4O3. The minimum Gasteiger partial charge on any atom is -0.493 e. The molecule has 1 amide bonds. The molecular weight excluding hydrogens is 332 g/mol. The van der Waals surface area contributed by atoms with Crippen molar-refractivity contribution >= 4 is 18.3 Å². The molecule has 1 unspecified atom stereocenters. The Hall–Kier alpha value is -2.25. The van der Waals surface area contributed by atoms with E-state index in [0.717, 1.165) is 11.1 Å². The lowest BCUT2D eigenvalue weighted by molar-refractivity contribution is -0.123. The monoisotopic (exact) mass is 354 g/mol. The Morgan fingerprint density at radius 1 is 1.33 bits per heavy atom. The first kappa shape index (κ1) is 19.8. The summed E-state index contributed by atoms with van der Waals surface area (Å²) in [7, 11) is 6.72. The number of ether oxygens (including phenoxy) is 2. The lowest BCUT2D eigenvalue weighted by atomic mass is 10.1. The van der Waals surface area contributed by atoms with Crippen molar-refractivity contribution in [3.63, 3.8) is 0 Å². The van der Waals surface area contributed by atoms with Gasteiger partial charge in [0.1, 0.15) is 6.04 Å². The molecule has 7 nitrogen and oxygen atoms in total. The van der Waals surface area contributed by atoms with Crippen LogP contribution in [0.4, 0.5) is 0 Å². The molecule has 24 heavy (non-hydrogen) atoms. The lowest BCUT2D eigenvalue weighted by Gasteiger charge is -2.16. The summed E-state index contributed by atoms with van der Waals surface area (Å²) in [5.74, 6) is 1.12. The fourth-order valence-corrected chi connectivity index (χ4v) is 2.42. The average molecular weight is 355 g/mol. The molecule has 2 aromatic rings. The zero-order chi connectivity index (χ0) is 16.8. The summed E-state index contributed by atoms with van der Waals surface area (Å²) in [4.78, 5) is 12.4. The molecule has 1 heterocycles. The Kier molecular flexibility index (Phi) is 7.54. The molecule has 0 saturated carbocycles. The maximum Gasteiger partial charge on any atom is 0.242 e. The zero-order valence-corrected chi connectivity index (χ0v) is 15.0. The minimum absolute atomic E-state index is 0. The van der Waals surface area contributed by atoms with E-state index in [0.29, 0.717) is 18.0 Å². The standard InChI is InChI=1S/C16H22N4O3.ClH/c1-17-14(12-9-19-20(2)10-12)16(21)18-8-11-6-5-7-13(22-3)15(11)23-4;/h5-7,9-10,14,17H,8H2,1-4H3,(H,18,21);1H. The van der Waals surface area contributed by atoms with Gasteiger partial charge in [-0.15, -0.1) is 12.4 Å². The van der Waals surface area contributed by atoms with Gasteiger partial charge in [0.05, 0.1) is 20.4 Å².